The molecule has 0 aromatic heterocycles. The second kappa shape index (κ2) is 9.15. The third-order valence-electron chi connectivity index (χ3n) is 2.63. The van der Waals surface area contributed by atoms with Crippen molar-refractivity contribution < 1.29 is 28.1 Å². The van der Waals surface area contributed by atoms with E-state index in [2.05, 4.69) is 4.74 Å². The lowest BCUT2D eigenvalue weighted by Crippen LogP contribution is -2.09. The predicted molar refractivity (Wildman–Crippen MR) is 75.0 cm³/mol. The maximum atomic E-state index is 13.7. The van der Waals surface area contributed by atoms with Gasteiger partial charge in [0, 0.05) is 31.9 Å². The van der Waals surface area contributed by atoms with E-state index in [1.54, 1.807) is 7.11 Å². The van der Waals surface area contributed by atoms with Crippen molar-refractivity contribution in [1.29, 1.82) is 0 Å². The Labute approximate surface area is 122 Å². The molecular weight excluding hydrogens is 281 g/mol. The van der Waals surface area contributed by atoms with E-state index in [0.29, 0.717) is 26.2 Å². The van der Waals surface area contributed by atoms with Crippen molar-refractivity contribution in [2.24, 2.45) is 0 Å². The number of anilines is 1. The molecule has 0 aliphatic rings. The van der Waals surface area contributed by atoms with Crippen LogP contribution in [0.25, 0.3) is 0 Å². The van der Waals surface area contributed by atoms with Crippen LogP contribution in [0.15, 0.2) is 12.1 Å². The number of rotatable bonds is 9. The van der Waals surface area contributed by atoms with Gasteiger partial charge in [0.15, 0.2) is 11.6 Å². The normalized spacial score (nSPS) is 10.4. The van der Waals surface area contributed by atoms with Crippen LogP contribution < -0.4 is 10.5 Å². The van der Waals surface area contributed by atoms with E-state index >= 15 is 0 Å². The molecule has 0 saturated heterocycles. The van der Waals surface area contributed by atoms with Crippen LogP contribution in [0.4, 0.5) is 10.1 Å². The van der Waals surface area contributed by atoms with Crippen molar-refractivity contribution in [2.45, 2.75) is 6.42 Å². The molecule has 21 heavy (non-hydrogen) atoms. The molecule has 0 heterocycles. The Morgan fingerprint density at radius 2 is 1.95 bits per heavy atom. The van der Waals surface area contributed by atoms with Gasteiger partial charge in [-0.05, 0) is 6.07 Å². The fraction of sp³-hybridized carbons (Fsp3) is 0.500. The fourth-order valence-electron chi connectivity index (χ4n) is 1.55. The SMILES string of the molecule is COCCOCCCOc1cc(C(=O)OC)c(N)cc1F. The number of hydrogen-bond acceptors (Lipinski definition) is 6. The molecule has 0 radical (unpaired) electrons. The molecule has 0 spiro atoms. The van der Waals surface area contributed by atoms with Crippen molar-refractivity contribution in [3.8, 4) is 5.75 Å². The molecule has 0 saturated carbocycles. The minimum absolute atomic E-state index is 0.00889. The number of nitrogen functional groups attached to an aromatic ring is 1. The van der Waals surface area contributed by atoms with E-state index in [9.17, 15) is 9.18 Å². The number of benzene rings is 1. The number of carbonyl (C=O) groups is 1. The Morgan fingerprint density at radius 1 is 1.19 bits per heavy atom. The summed E-state index contributed by atoms with van der Waals surface area (Å²) in [4.78, 5) is 11.5. The summed E-state index contributed by atoms with van der Waals surface area (Å²) in [6.45, 7) is 1.76. The highest BCUT2D eigenvalue weighted by Crippen LogP contribution is 2.24. The van der Waals surface area contributed by atoms with Crippen molar-refractivity contribution in [3.05, 3.63) is 23.5 Å². The highest BCUT2D eigenvalue weighted by Gasteiger charge is 2.15. The van der Waals surface area contributed by atoms with Gasteiger partial charge in [-0.1, -0.05) is 0 Å². The Bertz CT molecular complexity index is 467. The zero-order valence-corrected chi connectivity index (χ0v) is 12.2. The van der Waals surface area contributed by atoms with Gasteiger partial charge in [0.1, 0.15) is 0 Å². The first kappa shape index (κ1) is 17.2. The molecule has 2 N–H and O–H groups in total. The summed E-state index contributed by atoms with van der Waals surface area (Å²) in [5, 5.41) is 0. The lowest BCUT2D eigenvalue weighted by Gasteiger charge is -2.10. The molecule has 1 aromatic carbocycles. The first-order valence-corrected chi connectivity index (χ1v) is 6.47. The van der Waals surface area contributed by atoms with Crippen molar-refractivity contribution in [2.75, 3.05) is 46.4 Å². The molecule has 0 bridgehead atoms. The van der Waals surface area contributed by atoms with Crippen LogP contribution in [-0.2, 0) is 14.2 Å². The van der Waals surface area contributed by atoms with Crippen LogP contribution >= 0.6 is 0 Å². The first-order chi connectivity index (χ1) is 10.1. The Balaban J connectivity index is 2.49. The van der Waals surface area contributed by atoms with Crippen molar-refractivity contribution in [1.82, 2.24) is 0 Å². The Morgan fingerprint density at radius 3 is 2.62 bits per heavy atom. The molecule has 6 nitrogen and oxygen atoms in total. The topological polar surface area (TPSA) is 80.0 Å². The van der Waals surface area contributed by atoms with Gasteiger partial charge in [-0.25, -0.2) is 9.18 Å². The standard InChI is InChI=1S/C14H20FNO5/c1-18-6-7-20-4-3-5-21-13-8-10(14(17)19-2)12(16)9-11(13)15/h8-9H,3-7,16H2,1-2H3. The number of halogens is 1. The van der Waals surface area contributed by atoms with Gasteiger partial charge in [0.2, 0.25) is 0 Å². The maximum Gasteiger partial charge on any atom is 0.340 e. The summed E-state index contributed by atoms with van der Waals surface area (Å²) >= 11 is 0. The summed E-state index contributed by atoms with van der Waals surface area (Å²) in [6, 6.07) is 2.28. The maximum absolute atomic E-state index is 13.7. The lowest BCUT2D eigenvalue weighted by atomic mass is 10.1. The summed E-state index contributed by atoms with van der Waals surface area (Å²) in [7, 11) is 2.82. The van der Waals surface area contributed by atoms with Gasteiger partial charge in [-0.15, -0.1) is 0 Å². The monoisotopic (exact) mass is 301 g/mol. The second-order valence-corrected chi connectivity index (χ2v) is 4.17. The highest BCUT2D eigenvalue weighted by molar-refractivity contribution is 5.95. The van der Waals surface area contributed by atoms with Gasteiger partial charge in [-0.2, -0.15) is 0 Å². The van der Waals surface area contributed by atoms with Crippen LogP contribution in [0, 0.1) is 5.82 Å². The first-order valence-electron chi connectivity index (χ1n) is 6.47. The van der Waals surface area contributed by atoms with E-state index in [1.807, 2.05) is 0 Å². The molecule has 0 aliphatic carbocycles. The van der Waals surface area contributed by atoms with Crippen LogP contribution in [0.1, 0.15) is 16.8 Å². The Hall–Kier alpha value is -1.86. The summed E-state index contributed by atoms with van der Waals surface area (Å²) in [6.07, 6.45) is 0.584. The van der Waals surface area contributed by atoms with Gasteiger partial charge < -0.3 is 24.7 Å². The van der Waals surface area contributed by atoms with Gasteiger partial charge in [-0.3, -0.25) is 0 Å². The van der Waals surface area contributed by atoms with E-state index < -0.39 is 11.8 Å². The summed E-state index contributed by atoms with van der Waals surface area (Å²) in [5.41, 5.74) is 5.64. The van der Waals surface area contributed by atoms with Crippen LogP contribution in [0.3, 0.4) is 0 Å². The molecule has 0 atom stereocenters. The number of esters is 1. The van der Waals surface area contributed by atoms with E-state index in [4.69, 9.17) is 19.9 Å². The minimum Gasteiger partial charge on any atom is -0.490 e. The molecule has 0 fully saturated rings. The molecule has 118 valence electrons. The molecule has 0 unspecified atom stereocenters. The smallest absolute Gasteiger partial charge is 0.340 e. The molecule has 7 heteroatoms. The van der Waals surface area contributed by atoms with Gasteiger partial charge >= 0.3 is 5.97 Å². The molecule has 0 amide bonds. The number of carbonyl (C=O) groups excluding carboxylic acids is 1. The lowest BCUT2D eigenvalue weighted by molar-refractivity contribution is 0.0600. The third-order valence-corrected chi connectivity index (χ3v) is 2.63. The highest BCUT2D eigenvalue weighted by atomic mass is 19.1. The minimum atomic E-state index is -0.639. The summed E-state index contributed by atoms with van der Waals surface area (Å²) in [5.74, 6) is -1.30. The van der Waals surface area contributed by atoms with E-state index in [-0.39, 0.29) is 23.6 Å². The van der Waals surface area contributed by atoms with E-state index in [0.717, 1.165) is 6.07 Å². The average molecular weight is 301 g/mol. The fourth-order valence-corrected chi connectivity index (χ4v) is 1.55. The zero-order chi connectivity index (χ0) is 15.7. The molecule has 1 rings (SSSR count). The van der Waals surface area contributed by atoms with Crippen LogP contribution in [0.5, 0.6) is 5.75 Å². The largest absolute Gasteiger partial charge is 0.490 e. The van der Waals surface area contributed by atoms with Gasteiger partial charge in [0.25, 0.3) is 0 Å². The van der Waals surface area contributed by atoms with Crippen LogP contribution in [0.2, 0.25) is 0 Å². The predicted octanol–water partition coefficient (Wildman–Crippen LogP) is 1.63. The van der Waals surface area contributed by atoms with E-state index in [1.165, 1.54) is 13.2 Å². The molecule has 1 aromatic rings. The Kier molecular flexibility index (Phi) is 7.49. The summed E-state index contributed by atoms with van der Waals surface area (Å²) < 4.78 is 33.6. The molecule has 0 aliphatic heterocycles. The zero-order valence-electron chi connectivity index (χ0n) is 12.2. The second-order valence-electron chi connectivity index (χ2n) is 4.17. The number of ether oxygens (including phenoxy) is 4. The van der Waals surface area contributed by atoms with Crippen LogP contribution in [-0.4, -0.2) is 46.6 Å². The number of nitrogens with two attached hydrogens (primary N) is 1. The van der Waals surface area contributed by atoms with Gasteiger partial charge in [0.05, 0.1) is 32.5 Å². The molecular formula is C14H20FNO5. The third kappa shape index (κ3) is 5.57. The number of hydrogen-bond donors (Lipinski definition) is 1. The average Bonchev–Trinajstić information content (AvgIpc) is 2.47. The van der Waals surface area contributed by atoms with Crippen molar-refractivity contribution >= 4 is 11.7 Å². The van der Waals surface area contributed by atoms with Crippen molar-refractivity contribution in [3.63, 3.8) is 0 Å². The quantitative estimate of drug-likeness (QED) is 0.424. The number of methoxy groups -OCH3 is 2.